The summed E-state index contributed by atoms with van der Waals surface area (Å²) < 4.78 is 0. The van der Waals surface area contributed by atoms with E-state index in [1.54, 1.807) is 0 Å². The zero-order valence-electron chi connectivity index (χ0n) is 19.9. The van der Waals surface area contributed by atoms with Crippen LogP contribution in [0.5, 0.6) is 0 Å². The summed E-state index contributed by atoms with van der Waals surface area (Å²) in [5, 5.41) is 4.65. The molecule has 1 aromatic heterocycles. The molecule has 6 heteroatoms. The highest BCUT2D eigenvalue weighted by atomic mass is 35.5. The number of aromatic nitrogens is 1. The predicted octanol–water partition coefficient (Wildman–Crippen LogP) is 6.21. The van der Waals surface area contributed by atoms with E-state index in [0.29, 0.717) is 47.9 Å². The van der Waals surface area contributed by atoms with Crippen molar-refractivity contribution in [3.05, 3.63) is 38.7 Å². The summed E-state index contributed by atoms with van der Waals surface area (Å²) in [6.07, 6.45) is 2.54. The van der Waals surface area contributed by atoms with Gasteiger partial charge in [0.1, 0.15) is 11.8 Å². The summed E-state index contributed by atoms with van der Waals surface area (Å²) in [6, 6.07) is 0. The molecule has 0 N–H and O–H groups in total. The Balaban J connectivity index is 2.63. The van der Waals surface area contributed by atoms with Crippen molar-refractivity contribution in [2.45, 2.75) is 86.5 Å². The van der Waals surface area contributed by atoms with Crippen LogP contribution < -0.4 is 0 Å². The Kier molecular flexibility index (Phi) is 8.99. The van der Waals surface area contributed by atoms with Crippen molar-refractivity contribution in [3.63, 3.8) is 0 Å². The first-order chi connectivity index (χ1) is 14.6. The Morgan fingerprint density at radius 1 is 1.19 bits per heavy atom. The third-order valence-electron chi connectivity index (χ3n) is 5.88. The lowest BCUT2D eigenvalue weighted by molar-refractivity contribution is -0.119. The number of Topliss-reactive ketones (excluding diaryl/α,β-unsaturated/α-hetero) is 2. The summed E-state index contributed by atoms with van der Waals surface area (Å²) in [5.41, 5.74) is 5.49. The molecule has 1 aromatic rings. The first-order valence-corrected chi connectivity index (χ1v) is 11.6. The second-order valence-electron chi connectivity index (χ2n) is 8.76. The maximum atomic E-state index is 13.4. The van der Waals surface area contributed by atoms with Crippen molar-refractivity contribution >= 4 is 28.9 Å². The molecule has 0 aliphatic heterocycles. The van der Waals surface area contributed by atoms with E-state index >= 15 is 0 Å². The van der Waals surface area contributed by atoms with Gasteiger partial charge in [0.2, 0.25) is 0 Å². The van der Waals surface area contributed by atoms with Crippen LogP contribution in [0.4, 0.5) is 0 Å². The second kappa shape index (κ2) is 11.0. The molecular weight excluding hydrogens is 412 g/mol. The van der Waals surface area contributed by atoms with Gasteiger partial charge in [-0.25, -0.2) is 4.98 Å². The largest absolute Gasteiger partial charge is 0.396 e. The fourth-order valence-electron chi connectivity index (χ4n) is 4.19. The first kappa shape index (κ1) is 25.3. The van der Waals surface area contributed by atoms with Crippen molar-refractivity contribution < 1.29 is 14.4 Å². The van der Waals surface area contributed by atoms with E-state index in [9.17, 15) is 9.59 Å². The average molecular weight is 447 g/mol. The molecule has 0 spiro atoms. The molecule has 0 bridgehead atoms. The van der Waals surface area contributed by atoms with Gasteiger partial charge in [0, 0.05) is 29.7 Å². The number of halogens is 1. The van der Waals surface area contributed by atoms with Crippen LogP contribution >= 0.6 is 11.6 Å². The molecule has 1 unspecified atom stereocenters. The second-order valence-corrected chi connectivity index (χ2v) is 9.12. The van der Waals surface area contributed by atoms with Crippen molar-refractivity contribution in [2.24, 2.45) is 11.1 Å². The van der Waals surface area contributed by atoms with Gasteiger partial charge in [-0.05, 0) is 69.1 Å². The number of nitrogens with zero attached hydrogens (tertiary/aromatic N) is 2. The number of hydrogen-bond donors (Lipinski definition) is 0. The number of carbonyl (C=O) groups is 2. The first-order valence-electron chi connectivity index (χ1n) is 11.2. The van der Waals surface area contributed by atoms with Crippen molar-refractivity contribution in [1.29, 1.82) is 0 Å². The Bertz CT molecular complexity index is 916. The van der Waals surface area contributed by atoms with Gasteiger partial charge in [0.15, 0.2) is 11.6 Å². The van der Waals surface area contributed by atoms with Crippen LogP contribution in [0.2, 0.25) is 5.15 Å². The fourth-order valence-corrected chi connectivity index (χ4v) is 4.61. The summed E-state index contributed by atoms with van der Waals surface area (Å²) in [5.74, 6) is -0.0294. The minimum absolute atomic E-state index is 0.00826. The zero-order chi connectivity index (χ0) is 23.3. The number of pyridine rings is 1. The third-order valence-corrected chi connectivity index (χ3v) is 6.17. The summed E-state index contributed by atoms with van der Waals surface area (Å²) in [4.78, 5) is 36.5. The standard InChI is InChI=1S/C25H35ClN2O3/c1-8-10-20(28-31-9-2)24-19(21(29)11-14(3)4)12-18(13-22(24)30)23-16(6)15(5)17(7)27-25(23)26/h14,18H,8-13H2,1-7H3. The molecule has 5 nitrogen and oxygen atoms in total. The Morgan fingerprint density at radius 3 is 2.45 bits per heavy atom. The van der Waals surface area contributed by atoms with E-state index in [4.69, 9.17) is 16.4 Å². The minimum Gasteiger partial charge on any atom is -0.396 e. The monoisotopic (exact) mass is 446 g/mol. The van der Waals surface area contributed by atoms with Gasteiger partial charge in [0.05, 0.1) is 5.71 Å². The Morgan fingerprint density at radius 2 is 1.87 bits per heavy atom. The molecular formula is C25H35ClN2O3. The number of hydrogen-bond acceptors (Lipinski definition) is 5. The Hall–Kier alpha value is -2.01. The van der Waals surface area contributed by atoms with Gasteiger partial charge >= 0.3 is 0 Å². The molecule has 2 rings (SSSR count). The van der Waals surface area contributed by atoms with E-state index in [1.165, 1.54) is 0 Å². The predicted molar refractivity (Wildman–Crippen MR) is 126 cm³/mol. The average Bonchev–Trinajstić information content (AvgIpc) is 2.69. The van der Waals surface area contributed by atoms with E-state index in [1.807, 2.05) is 48.5 Å². The molecule has 1 aliphatic rings. The molecule has 1 aliphatic carbocycles. The SMILES string of the molecule is CCCC(=NOCC)C1=C(C(=O)CC(C)C)CC(c2c(Cl)nc(C)c(C)c2C)CC1=O. The smallest absolute Gasteiger partial charge is 0.165 e. The van der Waals surface area contributed by atoms with E-state index in [-0.39, 0.29) is 29.8 Å². The van der Waals surface area contributed by atoms with Crippen molar-refractivity contribution in [2.75, 3.05) is 6.61 Å². The number of rotatable bonds is 9. The molecule has 0 saturated heterocycles. The van der Waals surface area contributed by atoms with Crippen LogP contribution in [0.15, 0.2) is 16.3 Å². The lowest BCUT2D eigenvalue weighted by atomic mass is 9.74. The Labute approximate surface area is 191 Å². The van der Waals surface area contributed by atoms with Gasteiger partial charge in [0.25, 0.3) is 0 Å². The van der Waals surface area contributed by atoms with E-state index < -0.39 is 0 Å². The molecule has 1 heterocycles. The van der Waals surface area contributed by atoms with Crippen LogP contribution in [-0.2, 0) is 14.4 Å². The van der Waals surface area contributed by atoms with Gasteiger partial charge in [-0.1, -0.05) is 43.9 Å². The highest BCUT2D eigenvalue weighted by Crippen LogP contribution is 2.41. The number of carbonyl (C=O) groups excluding carboxylic acids is 2. The van der Waals surface area contributed by atoms with Gasteiger partial charge in [-0.2, -0.15) is 0 Å². The molecule has 0 fully saturated rings. The van der Waals surface area contributed by atoms with E-state index in [2.05, 4.69) is 10.1 Å². The van der Waals surface area contributed by atoms with Crippen molar-refractivity contribution in [3.8, 4) is 0 Å². The molecule has 0 amide bonds. The third kappa shape index (κ3) is 5.82. The fraction of sp³-hybridized carbons (Fsp3) is 0.600. The van der Waals surface area contributed by atoms with Crippen molar-refractivity contribution in [1.82, 2.24) is 4.98 Å². The maximum absolute atomic E-state index is 13.4. The summed E-state index contributed by atoms with van der Waals surface area (Å²) in [7, 11) is 0. The highest BCUT2D eigenvalue weighted by molar-refractivity contribution is 6.31. The molecule has 0 radical (unpaired) electrons. The van der Waals surface area contributed by atoms with E-state index in [0.717, 1.165) is 28.8 Å². The number of aryl methyl sites for hydroxylation is 1. The molecule has 170 valence electrons. The van der Waals surface area contributed by atoms with Crippen LogP contribution in [-0.4, -0.2) is 28.9 Å². The quantitative estimate of drug-likeness (QED) is 0.257. The van der Waals surface area contributed by atoms with Gasteiger partial charge < -0.3 is 4.84 Å². The van der Waals surface area contributed by atoms with Crippen LogP contribution in [0, 0.1) is 26.7 Å². The highest BCUT2D eigenvalue weighted by Gasteiger charge is 2.36. The molecule has 0 aromatic carbocycles. The van der Waals surface area contributed by atoms with Crippen LogP contribution in [0.3, 0.4) is 0 Å². The van der Waals surface area contributed by atoms with Crippen LogP contribution in [0.1, 0.15) is 88.1 Å². The minimum atomic E-state index is -0.170. The van der Waals surface area contributed by atoms with Gasteiger partial charge in [-0.3, -0.25) is 9.59 Å². The lowest BCUT2D eigenvalue weighted by Crippen LogP contribution is -2.28. The molecule has 0 saturated carbocycles. The number of ketones is 2. The summed E-state index contributed by atoms with van der Waals surface area (Å²) >= 11 is 6.55. The number of oxime groups is 1. The topological polar surface area (TPSA) is 68.6 Å². The van der Waals surface area contributed by atoms with Crippen LogP contribution in [0.25, 0.3) is 0 Å². The summed E-state index contributed by atoms with van der Waals surface area (Å²) in [6.45, 7) is 14.3. The normalized spacial score (nSPS) is 17.5. The molecule has 31 heavy (non-hydrogen) atoms. The zero-order valence-corrected chi connectivity index (χ0v) is 20.7. The maximum Gasteiger partial charge on any atom is 0.165 e. The molecule has 1 atom stereocenters. The lowest BCUT2D eigenvalue weighted by Gasteiger charge is -2.29. The number of allylic oxidation sites excluding steroid dienone is 2. The van der Waals surface area contributed by atoms with Gasteiger partial charge in [-0.15, -0.1) is 0 Å².